The van der Waals surface area contributed by atoms with Crippen molar-refractivity contribution in [1.29, 1.82) is 0 Å². The lowest BCUT2D eigenvalue weighted by molar-refractivity contribution is 0.108. The fourth-order valence-corrected chi connectivity index (χ4v) is 8.26. The van der Waals surface area contributed by atoms with Gasteiger partial charge in [-0.05, 0) is 72.7 Å². The highest BCUT2D eigenvalue weighted by Crippen LogP contribution is 2.46. The molecule has 2 aromatic carbocycles. The molecule has 0 amide bonds. The van der Waals surface area contributed by atoms with Gasteiger partial charge in [0, 0.05) is 30.6 Å². The van der Waals surface area contributed by atoms with Crippen LogP contribution in [-0.2, 0) is 11.2 Å². The van der Waals surface area contributed by atoms with E-state index in [0.717, 1.165) is 36.8 Å². The first-order valence-electron chi connectivity index (χ1n) is 16.6. The number of aromatic amines is 1. The highest BCUT2D eigenvalue weighted by Gasteiger charge is 2.47. The van der Waals surface area contributed by atoms with Gasteiger partial charge in [0.2, 0.25) is 5.88 Å². The second-order valence-corrected chi connectivity index (χ2v) is 13.3. The molecule has 2 atom stereocenters. The van der Waals surface area contributed by atoms with Gasteiger partial charge in [-0.1, -0.05) is 13.0 Å². The fraction of sp³-hybridized carbons (Fsp3) is 0.429. The molecule has 0 saturated carbocycles. The van der Waals surface area contributed by atoms with Crippen molar-refractivity contribution < 1.29 is 27.4 Å². The number of fused-ring (bicyclic) bond motifs is 5. The first kappa shape index (κ1) is 29.6. The van der Waals surface area contributed by atoms with E-state index in [9.17, 15) is 4.39 Å². The number of ether oxygens (including phenoxy) is 3. The van der Waals surface area contributed by atoms with E-state index >= 15 is 8.78 Å². The molecule has 3 saturated heterocycles. The van der Waals surface area contributed by atoms with Crippen molar-refractivity contribution >= 4 is 38.4 Å². The predicted molar refractivity (Wildman–Crippen MR) is 174 cm³/mol. The molecule has 10 nitrogen and oxygen atoms in total. The van der Waals surface area contributed by atoms with E-state index in [1.165, 1.54) is 6.07 Å². The zero-order valence-corrected chi connectivity index (χ0v) is 26.5. The van der Waals surface area contributed by atoms with E-state index in [1.807, 2.05) is 13.0 Å². The number of aryl methyl sites for hydroxylation is 1. The van der Waals surface area contributed by atoms with Crippen LogP contribution in [0.15, 0.2) is 36.3 Å². The van der Waals surface area contributed by atoms with Crippen LogP contribution in [0.3, 0.4) is 0 Å². The maximum Gasteiger partial charge on any atom is 0.319 e. The third-order valence-electron chi connectivity index (χ3n) is 10.5. The summed E-state index contributed by atoms with van der Waals surface area (Å²) in [5, 5.41) is 9.45. The maximum atomic E-state index is 17.4. The van der Waals surface area contributed by atoms with E-state index in [2.05, 4.69) is 20.0 Å². The number of anilines is 1. The van der Waals surface area contributed by atoms with E-state index in [0.29, 0.717) is 84.1 Å². The average molecular weight is 658 g/mol. The molecule has 3 aromatic heterocycles. The van der Waals surface area contributed by atoms with Gasteiger partial charge in [-0.2, -0.15) is 15.1 Å². The monoisotopic (exact) mass is 657 g/mol. The Balaban J connectivity index is 1.27. The number of nitrogens with one attached hydrogen (secondary N) is 1. The topological polar surface area (TPSA) is 102 Å². The van der Waals surface area contributed by atoms with Gasteiger partial charge in [0.1, 0.15) is 41.4 Å². The van der Waals surface area contributed by atoms with Crippen molar-refractivity contribution in [3.63, 3.8) is 0 Å². The lowest BCUT2D eigenvalue weighted by atomic mass is 9.92. The number of hydrogen-bond acceptors (Lipinski definition) is 9. The van der Waals surface area contributed by atoms with Crippen LogP contribution in [0, 0.1) is 11.6 Å². The lowest BCUT2D eigenvalue weighted by Gasteiger charge is -2.31. The molecule has 1 N–H and O–H groups in total. The molecule has 7 heterocycles. The summed E-state index contributed by atoms with van der Waals surface area (Å²) in [5.41, 5.74) is 1.88. The van der Waals surface area contributed by atoms with Gasteiger partial charge in [0.25, 0.3) is 0 Å². The molecule has 248 valence electrons. The number of hydrogen-bond donors (Lipinski definition) is 1. The summed E-state index contributed by atoms with van der Waals surface area (Å²) < 4.78 is 64.9. The summed E-state index contributed by atoms with van der Waals surface area (Å²) >= 11 is 0. The molecule has 3 fully saturated rings. The van der Waals surface area contributed by atoms with E-state index < -0.39 is 5.82 Å². The van der Waals surface area contributed by atoms with Crippen LogP contribution in [0.4, 0.5) is 19.0 Å². The SMILES string of the molecule is CCc1c(F)ccc2cc3[nH]ncc3c(-c3nc4c5c(nc(OC[C@@]67CCCN6C/C(=C\F)C7)nc5c3F)N3CCCOC[C@H]3CO4)c12. The van der Waals surface area contributed by atoms with E-state index in [-0.39, 0.29) is 53.7 Å². The normalized spacial score (nSPS) is 23.5. The molecule has 0 unspecified atom stereocenters. The molecule has 4 aliphatic heterocycles. The lowest BCUT2D eigenvalue weighted by Crippen LogP contribution is -2.43. The molecule has 4 aliphatic rings. The van der Waals surface area contributed by atoms with Gasteiger partial charge in [-0.3, -0.25) is 10.00 Å². The third-order valence-corrected chi connectivity index (χ3v) is 10.5. The summed E-state index contributed by atoms with van der Waals surface area (Å²) in [5.74, 6) is -0.413. The van der Waals surface area contributed by atoms with E-state index in [1.54, 1.807) is 12.3 Å². The van der Waals surface area contributed by atoms with Crippen molar-refractivity contribution in [3.8, 4) is 23.1 Å². The number of nitrogens with zero attached hydrogens (tertiary/aromatic N) is 6. The van der Waals surface area contributed by atoms with Crippen LogP contribution in [0.5, 0.6) is 11.9 Å². The number of H-pyrrole nitrogens is 1. The van der Waals surface area contributed by atoms with Crippen LogP contribution in [0.25, 0.3) is 43.8 Å². The standard InChI is InChI=1S/C35H34F3N7O3/c1-2-22-24(37)6-5-20-11-25-23(14-39-43-25)27(26(20)22)30-29(38)31-28-32(45-9-4-10-46-16-21(45)17-47-33(28)40-30)42-34(41-31)48-18-35-7-3-8-44(35)15-19(12-35)13-36/h5-6,11,13-14,21H,2-4,7-10,12,15-18H2,1H3,(H,39,43)/b19-13-/t21-,35-/m0/s1. The molecule has 0 bridgehead atoms. The van der Waals surface area contributed by atoms with Crippen LogP contribution >= 0.6 is 0 Å². The highest BCUT2D eigenvalue weighted by molar-refractivity contribution is 6.13. The molecule has 0 aliphatic carbocycles. The number of aromatic nitrogens is 5. The number of rotatable bonds is 5. The number of benzene rings is 2. The molecule has 0 radical (unpaired) electrons. The van der Waals surface area contributed by atoms with Gasteiger partial charge in [0.15, 0.2) is 5.82 Å². The maximum absolute atomic E-state index is 17.4. The van der Waals surface area contributed by atoms with Gasteiger partial charge < -0.3 is 19.1 Å². The van der Waals surface area contributed by atoms with Gasteiger partial charge in [-0.15, -0.1) is 0 Å². The summed E-state index contributed by atoms with van der Waals surface area (Å²) in [4.78, 5) is 18.7. The zero-order valence-electron chi connectivity index (χ0n) is 26.5. The minimum absolute atomic E-state index is 0.000424. The van der Waals surface area contributed by atoms with Crippen molar-refractivity contribution in [2.45, 2.75) is 50.6 Å². The van der Waals surface area contributed by atoms with Gasteiger partial charge >= 0.3 is 6.01 Å². The smallest absolute Gasteiger partial charge is 0.319 e. The highest BCUT2D eigenvalue weighted by atomic mass is 19.1. The minimum Gasteiger partial charge on any atom is -0.475 e. The molecular formula is C35H34F3N7O3. The summed E-state index contributed by atoms with van der Waals surface area (Å²) in [6.45, 7) is 5.38. The summed E-state index contributed by atoms with van der Waals surface area (Å²) in [7, 11) is 0. The number of pyridine rings is 1. The van der Waals surface area contributed by atoms with Crippen molar-refractivity contribution in [1.82, 2.24) is 30.0 Å². The van der Waals surface area contributed by atoms with E-state index in [4.69, 9.17) is 29.2 Å². The Bertz CT molecular complexity index is 2140. The quantitative estimate of drug-likeness (QED) is 0.243. The molecular weight excluding hydrogens is 623 g/mol. The van der Waals surface area contributed by atoms with Crippen LogP contribution in [0.2, 0.25) is 0 Å². The molecule has 13 heteroatoms. The van der Waals surface area contributed by atoms with Crippen LogP contribution < -0.4 is 14.4 Å². The number of halogens is 3. The zero-order chi connectivity index (χ0) is 32.6. The van der Waals surface area contributed by atoms with Gasteiger partial charge in [0.05, 0.1) is 36.2 Å². The summed E-state index contributed by atoms with van der Waals surface area (Å²) in [6, 6.07) is 4.82. The molecule has 48 heavy (non-hydrogen) atoms. The predicted octanol–water partition coefficient (Wildman–Crippen LogP) is 6.02. The van der Waals surface area contributed by atoms with Crippen molar-refractivity contribution in [2.75, 3.05) is 51.0 Å². The second-order valence-electron chi connectivity index (χ2n) is 13.3. The van der Waals surface area contributed by atoms with Crippen LogP contribution in [0.1, 0.15) is 38.2 Å². The average Bonchev–Trinajstić information content (AvgIpc) is 3.73. The third kappa shape index (κ3) is 4.47. The summed E-state index contributed by atoms with van der Waals surface area (Å²) in [6.07, 6.45) is 5.85. The Kier molecular flexibility index (Phi) is 6.98. The Morgan fingerprint density at radius 3 is 2.92 bits per heavy atom. The van der Waals surface area contributed by atoms with Crippen molar-refractivity contribution in [3.05, 3.63) is 53.5 Å². The van der Waals surface area contributed by atoms with Crippen LogP contribution in [-0.4, -0.2) is 87.7 Å². The molecule has 0 spiro atoms. The fourth-order valence-electron chi connectivity index (χ4n) is 8.26. The Hall–Kier alpha value is -4.49. The molecule has 9 rings (SSSR count). The van der Waals surface area contributed by atoms with Gasteiger partial charge in [-0.25, -0.2) is 18.2 Å². The Labute approximate surface area is 273 Å². The van der Waals surface area contributed by atoms with Crippen molar-refractivity contribution in [2.24, 2.45) is 0 Å². The first-order chi connectivity index (χ1) is 23.5. The molecule has 5 aromatic rings. The first-order valence-corrected chi connectivity index (χ1v) is 16.6. The Morgan fingerprint density at radius 1 is 1.12 bits per heavy atom. The Morgan fingerprint density at radius 2 is 2.04 bits per heavy atom. The minimum atomic E-state index is -0.694. The second kappa shape index (κ2) is 11.3. The largest absolute Gasteiger partial charge is 0.475 e.